The molecule has 1 heterocycles. The van der Waals surface area contributed by atoms with Gasteiger partial charge in [-0.3, -0.25) is 4.79 Å². The molecule has 2 aromatic rings. The molecule has 2 saturated carbocycles. The lowest BCUT2D eigenvalue weighted by molar-refractivity contribution is -0.118. The van der Waals surface area contributed by atoms with Gasteiger partial charge in [0.15, 0.2) is 0 Å². The van der Waals surface area contributed by atoms with Crippen LogP contribution in [0.4, 0.5) is 0 Å². The van der Waals surface area contributed by atoms with E-state index in [-0.39, 0.29) is 0 Å². The van der Waals surface area contributed by atoms with Crippen molar-refractivity contribution in [2.24, 2.45) is 5.41 Å². The first-order chi connectivity index (χ1) is 14.4. The fourth-order valence-electron chi connectivity index (χ4n) is 5.12. The predicted octanol–water partition coefficient (Wildman–Crippen LogP) is 5.88. The van der Waals surface area contributed by atoms with Crippen LogP contribution in [-0.4, -0.2) is 20.5 Å². The summed E-state index contributed by atoms with van der Waals surface area (Å²) in [4.78, 5) is 12.6. The van der Waals surface area contributed by atoms with E-state index in [9.17, 15) is 4.79 Å². The number of aromatic nitrogens is 3. The van der Waals surface area contributed by atoms with Crippen molar-refractivity contribution in [1.82, 2.24) is 14.8 Å². The number of hydrogen-bond acceptors (Lipinski definition) is 3. The molecule has 0 atom stereocenters. The van der Waals surface area contributed by atoms with E-state index in [1.807, 2.05) is 0 Å². The minimum Gasteiger partial charge on any atom is -0.312 e. The SMILES string of the molecule is Cc1ccc(CC(=O)CCc2nnc(CCC3(C)CCCCC3)n2C2CC2)c(C)c1. The smallest absolute Gasteiger partial charge is 0.137 e. The van der Waals surface area contributed by atoms with Crippen molar-refractivity contribution in [3.05, 3.63) is 46.5 Å². The van der Waals surface area contributed by atoms with Gasteiger partial charge in [0.05, 0.1) is 0 Å². The Balaban J connectivity index is 1.36. The zero-order chi connectivity index (χ0) is 21.1. The van der Waals surface area contributed by atoms with E-state index in [2.05, 4.69) is 53.7 Å². The first-order valence-electron chi connectivity index (χ1n) is 11.9. The van der Waals surface area contributed by atoms with E-state index in [0.29, 0.717) is 36.5 Å². The van der Waals surface area contributed by atoms with Crippen molar-refractivity contribution >= 4 is 5.78 Å². The molecule has 0 saturated heterocycles. The van der Waals surface area contributed by atoms with Crippen molar-refractivity contribution in [2.45, 2.75) is 104 Å². The third-order valence-electron chi connectivity index (χ3n) is 7.28. The molecule has 0 spiro atoms. The number of benzene rings is 1. The maximum Gasteiger partial charge on any atom is 0.137 e. The molecule has 162 valence electrons. The monoisotopic (exact) mass is 407 g/mol. The molecule has 0 aliphatic heterocycles. The van der Waals surface area contributed by atoms with Crippen molar-refractivity contribution < 1.29 is 4.79 Å². The summed E-state index contributed by atoms with van der Waals surface area (Å²) in [7, 11) is 0. The average Bonchev–Trinajstić information content (AvgIpc) is 3.47. The minimum absolute atomic E-state index is 0.295. The maximum absolute atomic E-state index is 12.6. The van der Waals surface area contributed by atoms with Gasteiger partial charge in [-0.1, -0.05) is 49.9 Å². The van der Waals surface area contributed by atoms with Gasteiger partial charge in [0.1, 0.15) is 17.4 Å². The van der Waals surface area contributed by atoms with Gasteiger partial charge in [0, 0.05) is 31.7 Å². The molecule has 0 radical (unpaired) electrons. The van der Waals surface area contributed by atoms with Gasteiger partial charge in [-0.25, -0.2) is 0 Å². The van der Waals surface area contributed by atoms with E-state index >= 15 is 0 Å². The van der Waals surface area contributed by atoms with E-state index in [1.165, 1.54) is 62.5 Å². The van der Waals surface area contributed by atoms with Crippen molar-refractivity contribution in [2.75, 3.05) is 0 Å². The molecule has 2 aliphatic carbocycles. The Morgan fingerprint density at radius 3 is 2.43 bits per heavy atom. The summed E-state index contributed by atoms with van der Waals surface area (Å²) in [6.07, 6.45) is 13.3. The highest BCUT2D eigenvalue weighted by Crippen LogP contribution is 2.41. The molecule has 2 fully saturated rings. The molecule has 4 nitrogen and oxygen atoms in total. The van der Waals surface area contributed by atoms with E-state index in [1.54, 1.807) is 0 Å². The first-order valence-corrected chi connectivity index (χ1v) is 11.9. The Morgan fingerprint density at radius 1 is 1.07 bits per heavy atom. The lowest BCUT2D eigenvalue weighted by Gasteiger charge is -2.33. The topological polar surface area (TPSA) is 47.8 Å². The zero-order valence-electron chi connectivity index (χ0n) is 19.0. The maximum atomic E-state index is 12.6. The number of rotatable bonds is 9. The number of aryl methyl sites for hydroxylation is 4. The third-order valence-corrected chi connectivity index (χ3v) is 7.28. The fourth-order valence-corrected chi connectivity index (χ4v) is 5.12. The number of carbonyl (C=O) groups excluding carboxylic acids is 1. The molecule has 0 unspecified atom stereocenters. The Bertz CT molecular complexity index is 888. The molecule has 30 heavy (non-hydrogen) atoms. The van der Waals surface area contributed by atoms with Crippen LogP contribution in [0.15, 0.2) is 18.2 Å². The van der Waals surface area contributed by atoms with Crippen LogP contribution in [0.2, 0.25) is 0 Å². The highest BCUT2D eigenvalue weighted by Gasteiger charge is 2.31. The van der Waals surface area contributed by atoms with E-state index in [0.717, 1.165) is 23.6 Å². The standard InChI is InChI=1S/C26H37N3O/c1-19-7-8-21(20(2)17-19)18-23(30)11-12-24-27-28-25(29(24)22-9-10-22)13-16-26(3)14-5-4-6-15-26/h7-8,17,22H,4-6,9-16,18H2,1-3H3. The van der Waals surface area contributed by atoms with Crippen molar-refractivity contribution in [3.8, 4) is 0 Å². The van der Waals surface area contributed by atoms with Crippen LogP contribution in [0.1, 0.15) is 99.1 Å². The van der Waals surface area contributed by atoms with E-state index in [4.69, 9.17) is 0 Å². The second-order valence-electron chi connectivity index (χ2n) is 10.2. The third kappa shape index (κ3) is 5.19. The van der Waals surface area contributed by atoms with Crippen LogP contribution in [0.3, 0.4) is 0 Å². The van der Waals surface area contributed by atoms with E-state index < -0.39 is 0 Å². The average molecular weight is 408 g/mol. The normalized spacial score (nSPS) is 18.5. The number of hydrogen-bond donors (Lipinski definition) is 0. The van der Waals surface area contributed by atoms with Gasteiger partial charge < -0.3 is 4.57 Å². The fraction of sp³-hybridized carbons (Fsp3) is 0.654. The molecule has 2 aliphatic rings. The van der Waals surface area contributed by atoms with Crippen LogP contribution in [0, 0.1) is 19.3 Å². The Kier molecular flexibility index (Phi) is 6.40. The summed E-state index contributed by atoms with van der Waals surface area (Å²) in [6.45, 7) is 6.64. The van der Waals surface area contributed by atoms with Crippen molar-refractivity contribution in [1.29, 1.82) is 0 Å². The lowest BCUT2D eigenvalue weighted by atomic mass is 9.73. The molecule has 1 aromatic carbocycles. The summed E-state index contributed by atoms with van der Waals surface area (Å²) in [5.41, 5.74) is 4.08. The van der Waals surface area contributed by atoms with Gasteiger partial charge >= 0.3 is 0 Å². The van der Waals surface area contributed by atoms with Crippen LogP contribution in [0.5, 0.6) is 0 Å². The molecule has 4 rings (SSSR count). The highest BCUT2D eigenvalue weighted by atomic mass is 16.1. The molecule has 1 aromatic heterocycles. The largest absolute Gasteiger partial charge is 0.312 e. The summed E-state index contributed by atoms with van der Waals surface area (Å²) < 4.78 is 2.39. The summed E-state index contributed by atoms with van der Waals surface area (Å²) in [6, 6.07) is 6.92. The van der Waals surface area contributed by atoms with Crippen molar-refractivity contribution in [3.63, 3.8) is 0 Å². The summed E-state index contributed by atoms with van der Waals surface area (Å²) in [5.74, 6) is 2.47. The Morgan fingerprint density at radius 2 is 1.77 bits per heavy atom. The number of ketones is 1. The molecule has 0 amide bonds. The summed E-state index contributed by atoms with van der Waals surface area (Å²) >= 11 is 0. The second kappa shape index (κ2) is 9.03. The minimum atomic E-state index is 0.295. The molecular formula is C26H37N3O. The highest BCUT2D eigenvalue weighted by molar-refractivity contribution is 5.81. The number of carbonyl (C=O) groups is 1. The molecular weight excluding hydrogens is 370 g/mol. The summed E-state index contributed by atoms with van der Waals surface area (Å²) in [5, 5.41) is 9.11. The molecule has 0 bridgehead atoms. The molecule has 0 N–H and O–H groups in total. The quantitative estimate of drug-likeness (QED) is 0.522. The zero-order valence-corrected chi connectivity index (χ0v) is 19.0. The predicted molar refractivity (Wildman–Crippen MR) is 121 cm³/mol. The van der Waals surface area contributed by atoms with Crippen LogP contribution in [0.25, 0.3) is 0 Å². The van der Waals surface area contributed by atoms with Crippen LogP contribution >= 0.6 is 0 Å². The number of nitrogens with zero attached hydrogens (tertiary/aromatic N) is 3. The Hall–Kier alpha value is -1.97. The van der Waals surface area contributed by atoms with Crippen LogP contribution < -0.4 is 0 Å². The van der Waals surface area contributed by atoms with Gasteiger partial charge in [-0.15, -0.1) is 10.2 Å². The molecule has 4 heteroatoms. The second-order valence-corrected chi connectivity index (χ2v) is 10.2. The van der Waals surface area contributed by atoms with Gasteiger partial charge in [0.2, 0.25) is 0 Å². The lowest BCUT2D eigenvalue weighted by Crippen LogP contribution is -2.21. The Labute approximate surface area is 181 Å². The van der Waals surface area contributed by atoms with Gasteiger partial charge in [0.25, 0.3) is 0 Å². The van der Waals surface area contributed by atoms with Crippen LogP contribution in [-0.2, 0) is 24.1 Å². The number of Topliss-reactive ketones (excluding diaryl/α,β-unsaturated/α-hetero) is 1. The first kappa shape index (κ1) is 21.3. The van der Waals surface area contributed by atoms with Gasteiger partial charge in [-0.2, -0.15) is 0 Å². The van der Waals surface area contributed by atoms with Gasteiger partial charge in [-0.05, 0) is 62.5 Å².